The average molecular weight is 298 g/mol. The van der Waals surface area contributed by atoms with E-state index in [0.29, 0.717) is 6.04 Å². The van der Waals surface area contributed by atoms with Crippen LogP contribution in [0, 0.1) is 0 Å². The van der Waals surface area contributed by atoms with Crippen LogP contribution < -0.4 is 5.32 Å². The molecule has 2 heterocycles. The van der Waals surface area contributed by atoms with Gasteiger partial charge in [0, 0.05) is 37.6 Å². The van der Waals surface area contributed by atoms with E-state index >= 15 is 0 Å². The molecular weight excluding hydrogens is 274 g/mol. The third-order valence-corrected chi connectivity index (χ3v) is 4.31. The Hall–Kier alpha value is -0.680. The second kappa shape index (κ2) is 7.36. The molecule has 5 heteroatoms. The molecule has 0 bridgehead atoms. The molecular formula is C15H24ClN3O. The summed E-state index contributed by atoms with van der Waals surface area (Å²) < 4.78 is 5.96. The Bertz CT molecular complexity index is 427. The lowest BCUT2D eigenvalue weighted by Crippen LogP contribution is -2.53. The van der Waals surface area contributed by atoms with Crippen LogP contribution in [0.25, 0.3) is 0 Å². The highest BCUT2D eigenvalue weighted by molar-refractivity contribution is 6.31. The minimum Gasteiger partial charge on any atom is -0.374 e. The topological polar surface area (TPSA) is 37.4 Å². The molecule has 1 aliphatic heterocycles. The van der Waals surface area contributed by atoms with Gasteiger partial charge in [-0.2, -0.15) is 0 Å². The van der Waals surface area contributed by atoms with E-state index in [0.717, 1.165) is 36.7 Å². The van der Waals surface area contributed by atoms with Gasteiger partial charge in [-0.15, -0.1) is 0 Å². The number of aromatic nitrogens is 1. The number of pyridine rings is 1. The number of hydrogen-bond acceptors (Lipinski definition) is 4. The second-order valence-corrected chi connectivity index (χ2v) is 5.97. The smallest absolute Gasteiger partial charge is 0.0858 e. The third-order valence-electron chi connectivity index (χ3n) is 3.97. The molecule has 112 valence electrons. The number of rotatable bonds is 5. The van der Waals surface area contributed by atoms with Crippen molar-refractivity contribution < 1.29 is 4.74 Å². The minimum absolute atomic E-state index is 0.195. The highest BCUT2D eigenvalue weighted by Gasteiger charge is 2.28. The maximum absolute atomic E-state index is 6.20. The first-order valence-corrected chi connectivity index (χ1v) is 7.61. The normalized spacial score (nSPS) is 22.1. The quantitative estimate of drug-likeness (QED) is 0.902. The van der Waals surface area contributed by atoms with E-state index in [1.165, 1.54) is 0 Å². The zero-order valence-corrected chi connectivity index (χ0v) is 13.2. The molecule has 2 rings (SSSR count). The third kappa shape index (κ3) is 3.92. The number of ether oxygens (including phenoxy) is 1. The summed E-state index contributed by atoms with van der Waals surface area (Å²) in [5.74, 6) is 0. The molecule has 0 spiro atoms. The summed E-state index contributed by atoms with van der Waals surface area (Å²) in [6.45, 7) is 7.24. The second-order valence-electron chi connectivity index (χ2n) is 5.56. The molecule has 0 radical (unpaired) electrons. The van der Waals surface area contributed by atoms with Gasteiger partial charge in [-0.1, -0.05) is 11.6 Å². The Kier molecular flexibility index (Phi) is 5.78. The first-order valence-electron chi connectivity index (χ1n) is 7.23. The summed E-state index contributed by atoms with van der Waals surface area (Å²) in [4.78, 5) is 6.50. The van der Waals surface area contributed by atoms with Crippen LogP contribution in [0.15, 0.2) is 18.5 Å². The van der Waals surface area contributed by atoms with Crippen LogP contribution in [0.3, 0.4) is 0 Å². The lowest BCUT2D eigenvalue weighted by molar-refractivity contribution is -0.0541. The first kappa shape index (κ1) is 15.7. The lowest BCUT2D eigenvalue weighted by atomic mass is 10.0. The number of hydrogen-bond donors (Lipinski definition) is 1. The van der Waals surface area contributed by atoms with Gasteiger partial charge in [-0.05, 0) is 38.9 Å². The summed E-state index contributed by atoms with van der Waals surface area (Å²) in [7, 11) is 1.98. The highest BCUT2D eigenvalue weighted by atomic mass is 35.5. The molecule has 4 nitrogen and oxygen atoms in total. The summed E-state index contributed by atoms with van der Waals surface area (Å²) in [6.07, 6.45) is 4.54. The summed E-state index contributed by atoms with van der Waals surface area (Å²) >= 11 is 6.20. The minimum atomic E-state index is 0.195. The van der Waals surface area contributed by atoms with E-state index in [9.17, 15) is 0 Å². The van der Waals surface area contributed by atoms with Crippen molar-refractivity contribution in [3.05, 3.63) is 29.0 Å². The standard InChI is InChI=1S/C15H24ClN3O/c1-11(2)19-6-7-20-15(10-19)14(17-3)8-12-4-5-18-9-13(12)16/h4-5,9,11,14-15,17H,6-8,10H2,1-3H3. The molecule has 0 saturated carbocycles. The van der Waals surface area contributed by atoms with Crippen molar-refractivity contribution in [2.45, 2.75) is 38.5 Å². The largest absolute Gasteiger partial charge is 0.374 e. The predicted octanol–water partition coefficient (Wildman–Crippen LogP) is 1.97. The fourth-order valence-corrected chi connectivity index (χ4v) is 2.83. The molecule has 1 N–H and O–H groups in total. The fourth-order valence-electron chi connectivity index (χ4n) is 2.63. The van der Waals surface area contributed by atoms with Gasteiger partial charge in [0.15, 0.2) is 0 Å². The molecule has 1 aromatic rings. The van der Waals surface area contributed by atoms with Crippen LogP contribution in [0.5, 0.6) is 0 Å². The molecule has 2 atom stereocenters. The van der Waals surface area contributed by atoms with Gasteiger partial charge in [-0.3, -0.25) is 9.88 Å². The van der Waals surface area contributed by atoms with E-state index in [1.54, 1.807) is 12.4 Å². The van der Waals surface area contributed by atoms with E-state index in [1.807, 2.05) is 13.1 Å². The maximum atomic E-state index is 6.20. The lowest BCUT2D eigenvalue weighted by Gasteiger charge is -2.39. The van der Waals surface area contributed by atoms with Gasteiger partial charge in [0.25, 0.3) is 0 Å². The van der Waals surface area contributed by atoms with Crippen LogP contribution in [0.4, 0.5) is 0 Å². The Morgan fingerprint density at radius 2 is 2.35 bits per heavy atom. The van der Waals surface area contributed by atoms with Crippen LogP contribution >= 0.6 is 11.6 Å². The Morgan fingerprint density at radius 1 is 1.55 bits per heavy atom. The van der Waals surface area contributed by atoms with Crippen LogP contribution in [0.1, 0.15) is 19.4 Å². The first-order chi connectivity index (χ1) is 9.61. The molecule has 1 aromatic heterocycles. The highest BCUT2D eigenvalue weighted by Crippen LogP contribution is 2.19. The van der Waals surface area contributed by atoms with Crippen molar-refractivity contribution in [1.29, 1.82) is 0 Å². The summed E-state index contributed by atoms with van der Waals surface area (Å²) in [6, 6.07) is 2.80. The Labute approximate surface area is 126 Å². The number of nitrogens with zero attached hydrogens (tertiary/aromatic N) is 2. The van der Waals surface area contributed by atoms with E-state index < -0.39 is 0 Å². The van der Waals surface area contributed by atoms with Crippen molar-refractivity contribution in [2.75, 3.05) is 26.7 Å². The summed E-state index contributed by atoms with van der Waals surface area (Å²) in [5, 5.41) is 4.10. The van der Waals surface area contributed by atoms with E-state index in [2.05, 4.69) is 29.0 Å². The molecule has 1 fully saturated rings. The van der Waals surface area contributed by atoms with Crippen molar-refractivity contribution in [2.24, 2.45) is 0 Å². The molecule has 20 heavy (non-hydrogen) atoms. The van der Waals surface area contributed by atoms with Crippen LogP contribution in [0.2, 0.25) is 5.02 Å². The van der Waals surface area contributed by atoms with Crippen LogP contribution in [-0.2, 0) is 11.2 Å². The van der Waals surface area contributed by atoms with Crippen molar-refractivity contribution >= 4 is 11.6 Å². The molecule has 2 unspecified atom stereocenters. The van der Waals surface area contributed by atoms with Crippen molar-refractivity contribution in [3.63, 3.8) is 0 Å². The van der Waals surface area contributed by atoms with Crippen LogP contribution in [-0.4, -0.2) is 54.8 Å². The van der Waals surface area contributed by atoms with Gasteiger partial charge in [0.05, 0.1) is 17.7 Å². The SMILES string of the molecule is CNC(Cc1ccncc1Cl)C1CN(C(C)C)CCO1. The maximum Gasteiger partial charge on any atom is 0.0858 e. The monoisotopic (exact) mass is 297 g/mol. The zero-order valence-electron chi connectivity index (χ0n) is 12.5. The van der Waals surface area contributed by atoms with Gasteiger partial charge in [-0.25, -0.2) is 0 Å². The van der Waals surface area contributed by atoms with Gasteiger partial charge in [0.1, 0.15) is 0 Å². The molecule has 1 aliphatic rings. The molecule has 0 aromatic carbocycles. The number of likely N-dealkylation sites (N-methyl/N-ethyl adjacent to an activating group) is 1. The Morgan fingerprint density at radius 3 is 3.00 bits per heavy atom. The van der Waals surface area contributed by atoms with Gasteiger partial charge in [0.2, 0.25) is 0 Å². The van der Waals surface area contributed by atoms with Crippen molar-refractivity contribution in [3.8, 4) is 0 Å². The zero-order chi connectivity index (χ0) is 14.5. The summed E-state index contributed by atoms with van der Waals surface area (Å²) in [5.41, 5.74) is 1.12. The molecule has 0 aliphatic carbocycles. The van der Waals surface area contributed by atoms with Gasteiger partial charge < -0.3 is 10.1 Å². The fraction of sp³-hybridized carbons (Fsp3) is 0.667. The van der Waals surface area contributed by atoms with E-state index in [-0.39, 0.29) is 12.1 Å². The number of halogens is 1. The van der Waals surface area contributed by atoms with Crippen molar-refractivity contribution in [1.82, 2.24) is 15.2 Å². The molecule has 1 saturated heterocycles. The number of nitrogens with one attached hydrogen (secondary N) is 1. The molecule has 0 amide bonds. The van der Waals surface area contributed by atoms with E-state index in [4.69, 9.17) is 16.3 Å². The Balaban J connectivity index is 2.03. The predicted molar refractivity (Wildman–Crippen MR) is 82.2 cm³/mol. The average Bonchev–Trinajstić information content (AvgIpc) is 2.46. The number of morpholine rings is 1. The van der Waals surface area contributed by atoms with Gasteiger partial charge >= 0.3 is 0 Å².